The van der Waals surface area contributed by atoms with Crippen molar-refractivity contribution in [2.24, 2.45) is 0 Å². The summed E-state index contributed by atoms with van der Waals surface area (Å²) in [6.07, 6.45) is 0. The zero-order valence-electron chi connectivity index (χ0n) is 10.7. The van der Waals surface area contributed by atoms with Gasteiger partial charge in [0, 0.05) is 16.0 Å². The molecule has 1 aromatic heterocycles. The van der Waals surface area contributed by atoms with E-state index in [0.29, 0.717) is 5.02 Å². The van der Waals surface area contributed by atoms with Gasteiger partial charge in [0.2, 0.25) is 0 Å². The van der Waals surface area contributed by atoms with Gasteiger partial charge < -0.3 is 4.74 Å². The maximum absolute atomic E-state index is 5.94. The normalized spacial score (nSPS) is 10.8. The van der Waals surface area contributed by atoms with Crippen molar-refractivity contribution in [2.45, 2.75) is 0 Å². The molecule has 0 aliphatic carbocycles. The van der Waals surface area contributed by atoms with E-state index in [1.165, 1.54) is 0 Å². The molecule has 3 rings (SSSR count). The van der Waals surface area contributed by atoms with E-state index in [1.807, 2.05) is 48.5 Å². The van der Waals surface area contributed by atoms with Crippen LogP contribution >= 0.6 is 27.5 Å². The summed E-state index contributed by atoms with van der Waals surface area (Å²) in [5, 5.41) is 1.69. The lowest BCUT2D eigenvalue weighted by Gasteiger charge is -2.12. The number of pyridine rings is 1. The van der Waals surface area contributed by atoms with Crippen LogP contribution in [0.3, 0.4) is 0 Å². The minimum atomic E-state index is 0.706. The Hall–Kier alpha value is -1.58. The molecule has 3 aromatic rings. The average Bonchev–Trinajstić information content (AvgIpc) is 2.48. The summed E-state index contributed by atoms with van der Waals surface area (Å²) in [5.74, 6) is 0.792. The molecule has 0 aliphatic rings. The van der Waals surface area contributed by atoms with E-state index in [0.717, 1.165) is 32.4 Å². The third kappa shape index (κ3) is 2.28. The minimum Gasteiger partial charge on any atom is -0.495 e. The minimum absolute atomic E-state index is 0.706. The predicted octanol–water partition coefficient (Wildman–Crippen LogP) is 5.33. The Bertz CT molecular complexity index is 771. The molecule has 0 radical (unpaired) electrons. The highest BCUT2D eigenvalue weighted by Crippen LogP contribution is 2.39. The van der Waals surface area contributed by atoms with Gasteiger partial charge in [-0.25, -0.2) is 4.98 Å². The van der Waals surface area contributed by atoms with Gasteiger partial charge in [-0.3, -0.25) is 0 Å². The summed E-state index contributed by atoms with van der Waals surface area (Å²) in [7, 11) is 1.66. The molecule has 2 aromatic carbocycles. The number of nitrogens with zero attached hydrogens (tertiary/aromatic N) is 1. The summed E-state index contributed by atoms with van der Waals surface area (Å²) in [5.41, 5.74) is 2.74. The van der Waals surface area contributed by atoms with Crippen LogP contribution < -0.4 is 4.74 Å². The summed E-state index contributed by atoms with van der Waals surface area (Å²) < 4.78 is 6.38. The molecule has 0 unspecified atom stereocenters. The number of fused-ring (bicyclic) bond motifs is 1. The Morgan fingerprint density at radius 2 is 1.75 bits per heavy atom. The molecule has 0 N–H and O–H groups in total. The zero-order chi connectivity index (χ0) is 14.1. The third-order valence-electron chi connectivity index (χ3n) is 3.11. The number of hydrogen-bond donors (Lipinski definition) is 0. The summed E-state index contributed by atoms with van der Waals surface area (Å²) >= 11 is 9.53. The van der Waals surface area contributed by atoms with Crippen molar-refractivity contribution in [3.05, 3.63) is 58.0 Å². The Morgan fingerprint density at radius 3 is 2.45 bits per heavy atom. The quantitative estimate of drug-likeness (QED) is 0.625. The molecule has 0 amide bonds. The molecule has 20 heavy (non-hydrogen) atoms. The SMILES string of the molecule is COc1c(Br)c(-c2ccc(Cl)cc2)nc2ccccc12. The van der Waals surface area contributed by atoms with Crippen LogP contribution in [0.25, 0.3) is 22.2 Å². The Balaban J connectivity index is 2.31. The van der Waals surface area contributed by atoms with E-state index >= 15 is 0 Å². The number of halogens is 2. The number of benzene rings is 2. The Kier molecular flexibility index (Phi) is 3.64. The fraction of sp³-hybridized carbons (Fsp3) is 0.0625. The number of aromatic nitrogens is 1. The third-order valence-corrected chi connectivity index (χ3v) is 4.10. The van der Waals surface area contributed by atoms with Gasteiger partial charge in [0.25, 0.3) is 0 Å². The molecular formula is C16H11BrClNO. The highest BCUT2D eigenvalue weighted by Gasteiger charge is 2.14. The van der Waals surface area contributed by atoms with E-state index < -0.39 is 0 Å². The lowest BCUT2D eigenvalue weighted by molar-refractivity contribution is 0.417. The second-order valence-electron chi connectivity index (χ2n) is 4.33. The molecule has 0 saturated heterocycles. The van der Waals surface area contributed by atoms with Crippen molar-refractivity contribution < 1.29 is 4.74 Å². The van der Waals surface area contributed by atoms with E-state index in [2.05, 4.69) is 15.9 Å². The number of hydrogen-bond acceptors (Lipinski definition) is 2. The Morgan fingerprint density at radius 1 is 1.05 bits per heavy atom. The molecular weight excluding hydrogens is 338 g/mol. The van der Waals surface area contributed by atoms with E-state index in [4.69, 9.17) is 21.3 Å². The van der Waals surface area contributed by atoms with Crippen LogP contribution in [0.2, 0.25) is 5.02 Å². The van der Waals surface area contributed by atoms with Crippen molar-refractivity contribution in [1.82, 2.24) is 4.98 Å². The van der Waals surface area contributed by atoms with E-state index in [9.17, 15) is 0 Å². The maximum Gasteiger partial charge on any atom is 0.144 e. The van der Waals surface area contributed by atoms with Gasteiger partial charge in [-0.1, -0.05) is 35.9 Å². The standard InChI is InChI=1S/C16H11BrClNO/c1-20-16-12-4-2-3-5-13(12)19-15(14(16)17)10-6-8-11(18)9-7-10/h2-9H,1H3. The molecule has 0 spiro atoms. The topological polar surface area (TPSA) is 22.1 Å². The van der Waals surface area contributed by atoms with Crippen molar-refractivity contribution in [1.29, 1.82) is 0 Å². The number of ether oxygens (including phenoxy) is 1. The summed E-state index contributed by atoms with van der Waals surface area (Å²) in [6, 6.07) is 15.5. The van der Waals surface area contributed by atoms with Crippen LogP contribution in [0.5, 0.6) is 5.75 Å². The molecule has 0 aliphatic heterocycles. The number of rotatable bonds is 2. The highest BCUT2D eigenvalue weighted by molar-refractivity contribution is 9.10. The lowest BCUT2D eigenvalue weighted by Crippen LogP contribution is -1.93. The van der Waals surface area contributed by atoms with E-state index in [-0.39, 0.29) is 0 Å². The maximum atomic E-state index is 5.94. The smallest absolute Gasteiger partial charge is 0.144 e. The summed E-state index contributed by atoms with van der Waals surface area (Å²) in [4.78, 5) is 4.71. The fourth-order valence-corrected chi connectivity index (χ4v) is 2.98. The first-order chi connectivity index (χ1) is 9.70. The number of para-hydroxylation sites is 1. The van der Waals surface area contributed by atoms with Gasteiger partial charge >= 0.3 is 0 Å². The molecule has 0 fully saturated rings. The van der Waals surface area contributed by atoms with Crippen LogP contribution in [0.15, 0.2) is 53.0 Å². The van der Waals surface area contributed by atoms with Crippen LogP contribution in [0.4, 0.5) is 0 Å². The van der Waals surface area contributed by atoms with Crippen LogP contribution in [-0.4, -0.2) is 12.1 Å². The molecule has 2 nitrogen and oxygen atoms in total. The first kappa shape index (κ1) is 13.4. The van der Waals surface area contributed by atoms with Gasteiger partial charge in [0.15, 0.2) is 0 Å². The second-order valence-corrected chi connectivity index (χ2v) is 5.56. The molecule has 4 heteroatoms. The van der Waals surface area contributed by atoms with Gasteiger partial charge in [0.05, 0.1) is 22.8 Å². The van der Waals surface area contributed by atoms with Crippen molar-refractivity contribution in [2.75, 3.05) is 7.11 Å². The average molecular weight is 349 g/mol. The fourth-order valence-electron chi connectivity index (χ4n) is 2.16. The Labute approximate surface area is 130 Å². The molecule has 0 bridgehead atoms. The molecule has 100 valence electrons. The largest absolute Gasteiger partial charge is 0.495 e. The zero-order valence-corrected chi connectivity index (χ0v) is 13.1. The van der Waals surface area contributed by atoms with Gasteiger partial charge in [-0.15, -0.1) is 0 Å². The van der Waals surface area contributed by atoms with Gasteiger partial charge in [-0.05, 0) is 40.2 Å². The number of methoxy groups -OCH3 is 1. The van der Waals surface area contributed by atoms with Crippen LogP contribution in [0, 0.1) is 0 Å². The van der Waals surface area contributed by atoms with Gasteiger partial charge in [-0.2, -0.15) is 0 Å². The lowest BCUT2D eigenvalue weighted by atomic mass is 10.1. The molecule has 1 heterocycles. The van der Waals surface area contributed by atoms with Crippen molar-refractivity contribution in [3.8, 4) is 17.0 Å². The molecule has 0 atom stereocenters. The van der Waals surface area contributed by atoms with Crippen LogP contribution in [-0.2, 0) is 0 Å². The van der Waals surface area contributed by atoms with Gasteiger partial charge in [0.1, 0.15) is 5.75 Å². The van der Waals surface area contributed by atoms with Crippen LogP contribution in [0.1, 0.15) is 0 Å². The first-order valence-electron chi connectivity index (χ1n) is 6.09. The highest BCUT2D eigenvalue weighted by atomic mass is 79.9. The van der Waals surface area contributed by atoms with E-state index in [1.54, 1.807) is 7.11 Å². The van der Waals surface area contributed by atoms with Crippen molar-refractivity contribution in [3.63, 3.8) is 0 Å². The molecule has 0 saturated carbocycles. The summed E-state index contributed by atoms with van der Waals surface area (Å²) in [6.45, 7) is 0. The van der Waals surface area contributed by atoms with Crippen molar-refractivity contribution >= 4 is 38.4 Å². The monoisotopic (exact) mass is 347 g/mol. The predicted molar refractivity (Wildman–Crippen MR) is 86.4 cm³/mol. The first-order valence-corrected chi connectivity index (χ1v) is 7.26. The second kappa shape index (κ2) is 5.43.